The van der Waals surface area contributed by atoms with Crippen LogP contribution in [-0.4, -0.2) is 11.9 Å². The molecule has 0 amide bonds. The van der Waals surface area contributed by atoms with Gasteiger partial charge in [-0.2, -0.15) is 0 Å². The molecule has 0 aliphatic carbocycles. The Morgan fingerprint density at radius 1 is 0.800 bits per heavy atom. The van der Waals surface area contributed by atoms with Crippen LogP contribution in [0.3, 0.4) is 0 Å². The summed E-state index contributed by atoms with van der Waals surface area (Å²) in [6, 6.07) is 15.7. The van der Waals surface area contributed by atoms with Gasteiger partial charge in [-0.15, -0.1) is 0 Å². The number of benzene rings is 2. The number of hydrogen-bond donors (Lipinski definition) is 2. The average molecular weight is 195 g/mol. The van der Waals surface area contributed by atoms with Crippen LogP contribution >= 0.6 is 0 Å². The second-order valence-corrected chi connectivity index (χ2v) is 3.70. The first-order chi connectivity index (χ1) is 7.36. The van der Waals surface area contributed by atoms with E-state index >= 15 is 0 Å². The maximum atomic E-state index is 10.2. The molecule has 0 atom stereocenters. The predicted octanol–water partition coefficient (Wildman–Crippen LogP) is 0.842. The minimum absolute atomic E-state index is 0.515. The molecule has 0 spiro atoms. The van der Waals surface area contributed by atoms with Gasteiger partial charge >= 0.3 is 6.92 Å². The Morgan fingerprint density at radius 3 is 1.80 bits per heavy atom. The number of anilines is 2. The molecule has 15 heavy (non-hydrogen) atoms. The fourth-order valence-corrected chi connectivity index (χ4v) is 2.01. The summed E-state index contributed by atoms with van der Waals surface area (Å²) < 4.78 is 0. The maximum Gasteiger partial charge on any atom is 0.363 e. The Bertz CT molecular complexity index is 467. The van der Waals surface area contributed by atoms with Gasteiger partial charge in [0.05, 0.1) is 0 Å². The van der Waals surface area contributed by atoms with Crippen LogP contribution in [0.1, 0.15) is 0 Å². The van der Waals surface area contributed by atoms with E-state index in [9.17, 15) is 5.02 Å². The topological polar surface area (TPSA) is 32.3 Å². The van der Waals surface area contributed by atoms with E-state index in [-0.39, 0.29) is 0 Å². The van der Waals surface area contributed by atoms with E-state index < -0.39 is 6.92 Å². The van der Waals surface area contributed by atoms with Crippen molar-refractivity contribution in [3.05, 3.63) is 48.5 Å². The molecule has 0 unspecified atom stereocenters. The van der Waals surface area contributed by atoms with Crippen LogP contribution in [0.2, 0.25) is 0 Å². The molecule has 1 heterocycles. The molecule has 0 aromatic heterocycles. The molecular weight excluding hydrogens is 185 g/mol. The largest absolute Gasteiger partial charge is 0.443 e. The van der Waals surface area contributed by atoms with Crippen LogP contribution in [0.25, 0.3) is 0 Å². The van der Waals surface area contributed by atoms with Gasteiger partial charge in [0.15, 0.2) is 0 Å². The van der Waals surface area contributed by atoms with E-state index in [1.165, 1.54) is 0 Å². The van der Waals surface area contributed by atoms with Crippen molar-refractivity contribution in [2.24, 2.45) is 0 Å². The number of nitrogens with one attached hydrogen (secondary N) is 1. The lowest BCUT2D eigenvalue weighted by atomic mass is 9.53. The fourth-order valence-electron chi connectivity index (χ4n) is 2.01. The van der Waals surface area contributed by atoms with Gasteiger partial charge in [-0.1, -0.05) is 36.4 Å². The Morgan fingerprint density at radius 2 is 1.27 bits per heavy atom. The van der Waals surface area contributed by atoms with Crippen LogP contribution in [0.5, 0.6) is 0 Å². The van der Waals surface area contributed by atoms with Crippen molar-refractivity contribution in [2.75, 3.05) is 5.32 Å². The highest BCUT2D eigenvalue weighted by atomic mass is 16.2. The third kappa shape index (κ3) is 1.24. The summed E-state index contributed by atoms with van der Waals surface area (Å²) in [5.74, 6) is 0. The van der Waals surface area contributed by atoms with Crippen LogP contribution in [0.15, 0.2) is 48.5 Å². The molecule has 1 aliphatic rings. The highest BCUT2D eigenvalue weighted by Crippen LogP contribution is 2.18. The molecule has 3 rings (SSSR count). The number of hydrogen-bond acceptors (Lipinski definition) is 2. The number of rotatable bonds is 0. The molecule has 2 nitrogen and oxygen atoms in total. The summed E-state index contributed by atoms with van der Waals surface area (Å²) >= 11 is 0. The summed E-state index contributed by atoms with van der Waals surface area (Å²) in [5, 5.41) is 13.5. The van der Waals surface area contributed by atoms with Crippen LogP contribution < -0.4 is 16.2 Å². The quantitative estimate of drug-likeness (QED) is 0.610. The zero-order valence-electron chi connectivity index (χ0n) is 8.14. The summed E-state index contributed by atoms with van der Waals surface area (Å²) in [4.78, 5) is 0. The molecule has 0 saturated heterocycles. The average Bonchev–Trinajstić information content (AvgIpc) is 2.30. The zero-order valence-corrected chi connectivity index (χ0v) is 8.14. The predicted molar refractivity (Wildman–Crippen MR) is 63.4 cm³/mol. The lowest BCUT2D eigenvalue weighted by Crippen LogP contribution is -2.47. The van der Waals surface area contributed by atoms with Crippen molar-refractivity contribution >= 4 is 29.2 Å². The van der Waals surface area contributed by atoms with Gasteiger partial charge in [-0.05, 0) is 23.1 Å². The Balaban J connectivity index is 2.20. The first-order valence-corrected chi connectivity index (χ1v) is 4.99. The van der Waals surface area contributed by atoms with E-state index in [1.807, 2.05) is 48.5 Å². The lowest BCUT2D eigenvalue weighted by Gasteiger charge is -2.23. The lowest BCUT2D eigenvalue weighted by molar-refractivity contribution is 0.600. The van der Waals surface area contributed by atoms with Crippen molar-refractivity contribution in [3.63, 3.8) is 0 Å². The molecule has 2 N–H and O–H groups in total. The number of fused-ring (bicyclic) bond motifs is 2. The first kappa shape index (κ1) is 8.56. The van der Waals surface area contributed by atoms with Crippen LogP contribution in [-0.2, 0) is 0 Å². The third-order valence-electron chi connectivity index (χ3n) is 2.78. The first-order valence-electron chi connectivity index (χ1n) is 4.99. The molecule has 0 bridgehead atoms. The van der Waals surface area contributed by atoms with E-state index in [1.54, 1.807) is 0 Å². The van der Waals surface area contributed by atoms with Gasteiger partial charge in [-0.3, -0.25) is 0 Å². The molecule has 3 heteroatoms. The van der Waals surface area contributed by atoms with Gasteiger partial charge in [0, 0.05) is 11.4 Å². The van der Waals surface area contributed by atoms with Gasteiger partial charge in [0.2, 0.25) is 0 Å². The zero-order chi connectivity index (χ0) is 10.3. The van der Waals surface area contributed by atoms with Crippen LogP contribution in [0.4, 0.5) is 11.4 Å². The molecule has 0 radical (unpaired) electrons. The summed E-state index contributed by atoms with van der Waals surface area (Å²) in [7, 11) is 0. The SMILES string of the molecule is OB1c2ccccc2Nc2ccccc21. The molecule has 0 saturated carbocycles. The van der Waals surface area contributed by atoms with Crippen LogP contribution in [0, 0.1) is 0 Å². The molecular formula is C12H10BNO. The Labute approximate surface area is 88.7 Å². The van der Waals surface area contributed by atoms with Gasteiger partial charge in [0.25, 0.3) is 0 Å². The van der Waals surface area contributed by atoms with Gasteiger partial charge < -0.3 is 10.3 Å². The molecule has 1 aliphatic heterocycles. The summed E-state index contributed by atoms with van der Waals surface area (Å²) in [6.07, 6.45) is 0. The van der Waals surface area contributed by atoms with Crippen molar-refractivity contribution in [1.29, 1.82) is 0 Å². The van der Waals surface area contributed by atoms with E-state index in [2.05, 4.69) is 5.32 Å². The molecule has 2 aromatic carbocycles. The minimum Gasteiger partial charge on any atom is -0.443 e. The Hall–Kier alpha value is -1.74. The van der Waals surface area contributed by atoms with E-state index in [0.717, 1.165) is 22.3 Å². The van der Waals surface area contributed by atoms with Crippen molar-refractivity contribution in [1.82, 2.24) is 0 Å². The van der Waals surface area contributed by atoms with E-state index in [0.29, 0.717) is 0 Å². The summed E-state index contributed by atoms with van der Waals surface area (Å²) in [5.41, 5.74) is 3.86. The van der Waals surface area contributed by atoms with Crippen molar-refractivity contribution in [2.45, 2.75) is 0 Å². The highest BCUT2D eigenvalue weighted by molar-refractivity contribution is 6.82. The highest BCUT2D eigenvalue weighted by Gasteiger charge is 2.26. The Kier molecular flexibility index (Phi) is 1.79. The maximum absolute atomic E-state index is 10.2. The standard InChI is InChI=1S/C12H10BNO/c15-13-9-5-1-3-7-11(9)14-12-8-4-2-6-10(12)13/h1-8,14-15H. The van der Waals surface area contributed by atoms with Crippen molar-refractivity contribution < 1.29 is 5.02 Å². The minimum atomic E-state index is -0.515. The van der Waals surface area contributed by atoms with Gasteiger partial charge in [-0.25, -0.2) is 0 Å². The molecule has 0 fully saturated rings. The van der Waals surface area contributed by atoms with Gasteiger partial charge in [0.1, 0.15) is 0 Å². The second kappa shape index (κ2) is 3.14. The van der Waals surface area contributed by atoms with Crippen molar-refractivity contribution in [3.8, 4) is 0 Å². The second-order valence-electron chi connectivity index (χ2n) is 3.70. The van der Waals surface area contributed by atoms with E-state index in [4.69, 9.17) is 0 Å². The number of para-hydroxylation sites is 2. The molecule has 2 aromatic rings. The third-order valence-corrected chi connectivity index (χ3v) is 2.78. The summed E-state index contributed by atoms with van der Waals surface area (Å²) in [6.45, 7) is -0.515. The smallest absolute Gasteiger partial charge is 0.363 e. The normalized spacial score (nSPS) is 12.7. The fraction of sp³-hybridized carbons (Fsp3) is 0. The monoisotopic (exact) mass is 195 g/mol. The molecule has 72 valence electrons.